The van der Waals surface area contributed by atoms with Crippen molar-refractivity contribution in [2.24, 2.45) is 23.2 Å². The number of aliphatic hydroxyl groups is 4. The Bertz CT molecular complexity index is 566. The Hall–Kier alpha value is -0.240. The molecule has 0 unspecified atom stereocenters. The van der Waals surface area contributed by atoms with Gasteiger partial charge in [-0.3, -0.25) is 4.90 Å². The third-order valence-electron chi connectivity index (χ3n) is 9.41. The van der Waals surface area contributed by atoms with Gasteiger partial charge >= 0.3 is 0 Å². The van der Waals surface area contributed by atoms with Crippen LogP contribution in [0.25, 0.3) is 0 Å². The molecule has 0 aromatic rings. The van der Waals surface area contributed by atoms with E-state index >= 15 is 0 Å². The summed E-state index contributed by atoms with van der Waals surface area (Å²) in [6.45, 7) is 4.46. The third kappa shape index (κ3) is 5.95. The summed E-state index contributed by atoms with van der Waals surface area (Å²) < 4.78 is 6.21. The molecule has 0 radical (unpaired) electrons. The lowest BCUT2D eigenvalue weighted by Gasteiger charge is -2.56. The Balaban J connectivity index is 1.14. The van der Waals surface area contributed by atoms with Gasteiger partial charge in [-0.05, 0) is 87.5 Å². The number of unbranched alkanes of at least 4 members (excludes halogenated alkanes) is 4. The van der Waals surface area contributed by atoms with Gasteiger partial charge in [0.15, 0.2) is 0 Å². The predicted molar refractivity (Wildman–Crippen MR) is 129 cm³/mol. The van der Waals surface area contributed by atoms with Gasteiger partial charge in [0.2, 0.25) is 0 Å². The number of hydrogen-bond acceptors (Lipinski definition) is 6. The third-order valence-corrected chi connectivity index (χ3v) is 9.41. The van der Waals surface area contributed by atoms with Crippen molar-refractivity contribution in [2.75, 3.05) is 26.4 Å². The van der Waals surface area contributed by atoms with Gasteiger partial charge in [-0.2, -0.15) is 0 Å². The Kier molecular flexibility index (Phi) is 9.13. The van der Waals surface area contributed by atoms with Gasteiger partial charge in [-0.15, -0.1) is 0 Å². The molecule has 5 atom stereocenters. The van der Waals surface area contributed by atoms with E-state index < -0.39 is 24.4 Å². The van der Waals surface area contributed by atoms with Crippen LogP contribution >= 0.6 is 0 Å². The lowest BCUT2D eigenvalue weighted by atomic mass is 9.50. The molecular formula is C27H49NO5. The average Bonchev–Trinajstić information content (AvgIpc) is 2.78. The van der Waals surface area contributed by atoms with Crippen LogP contribution in [0.3, 0.4) is 0 Å². The van der Waals surface area contributed by atoms with Crippen LogP contribution in [-0.4, -0.2) is 82.1 Å². The van der Waals surface area contributed by atoms with E-state index in [1.807, 2.05) is 4.90 Å². The van der Waals surface area contributed by atoms with Crippen molar-refractivity contribution in [3.63, 3.8) is 0 Å². The number of piperidine rings is 1. The second kappa shape index (κ2) is 11.7. The zero-order valence-electron chi connectivity index (χ0n) is 20.8. The first-order chi connectivity index (χ1) is 16.0. The molecule has 1 aliphatic heterocycles. The minimum atomic E-state index is -1.19. The zero-order valence-corrected chi connectivity index (χ0v) is 20.8. The van der Waals surface area contributed by atoms with Crippen LogP contribution in [0.5, 0.6) is 0 Å². The number of aliphatic hydroxyl groups excluding tert-OH is 4. The quantitative estimate of drug-likeness (QED) is 0.311. The van der Waals surface area contributed by atoms with Gasteiger partial charge in [-0.1, -0.05) is 32.6 Å². The van der Waals surface area contributed by atoms with Gasteiger partial charge < -0.3 is 25.2 Å². The van der Waals surface area contributed by atoms with Crippen molar-refractivity contribution in [3.05, 3.63) is 0 Å². The molecule has 0 spiro atoms. The standard InChI is InChI=1S/C27H49NO5/c1-2-3-9-28-22(24(30)26(32)25(31)23(28)17-29)8-6-4-5-7-10-33-18-27-14-19-11-20(15-27)13-21(12-19)16-27/h19-26,29-32H,2-18H2,1H3/t19?,20?,21?,22-,23+,24-,25+,26+,27?/m0/s1. The molecule has 5 rings (SSSR count). The van der Waals surface area contributed by atoms with Crippen LogP contribution in [0.4, 0.5) is 0 Å². The summed E-state index contributed by atoms with van der Waals surface area (Å²) in [6.07, 6.45) is 12.4. The van der Waals surface area contributed by atoms with E-state index in [9.17, 15) is 20.4 Å². The fourth-order valence-corrected chi connectivity index (χ4v) is 8.18. The second-order valence-electron chi connectivity index (χ2n) is 12.1. The van der Waals surface area contributed by atoms with E-state index in [1.54, 1.807) is 0 Å². The van der Waals surface area contributed by atoms with E-state index in [1.165, 1.54) is 38.5 Å². The van der Waals surface area contributed by atoms with Crippen LogP contribution in [0.2, 0.25) is 0 Å². The monoisotopic (exact) mass is 467 g/mol. The summed E-state index contributed by atoms with van der Waals surface area (Å²) >= 11 is 0. The summed E-state index contributed by atoms with van der Waals surface area (Å²) in [7, 11) is 0. The van der Waals surface area contributed by atoms with Crippen LogP contribution in [0.15, 0.2) is 0 Å². The van der Waals surface area contributed by atoms with Crippen LogP contribution in [-0.2, 0) is 4.74 Å². The Morgan fingerprint density at radius 1 is 0.788 bits per heavy atom. The zero-order chi connectivity index (χ0) is 23.4. The van der Waals surface area contributed by atoms with Crippen molar-refractivity contribution in [1.82, 2.24) is 4.90 Å². The molecule has 0 amide bonds. The Labute approximate surface area is 200 Å². The normalized spacial score (nSPS) is 42.8. The summed E-state index contributed by atoms with van der Waals surface area (Å²) in [5.41, 5.74) is 0.502. The maximum Gasteiger partial charge on any atom is 0.109 e. The molecule has 1 heterocycles. The predicted octanol–water partition coefficient (Wildman–Crippen LogP) is 3.10. The number of hydrogen-bond donors (Lipinski definition) is 4. The molecule has 4 bridgehead atoms. The first-order valence-corrected chi connectivity index (χ1v) is 13.9. The Morgan fingerprint density at radius 3 is 2.00 bits per heavy atom. The lowest BCUT2D eigenvalue weighted by molar-refractivity contribution is -0.172. The minimum Gasteiger partial charge on any atom is -0.395 e. The van der Waals surface area contributed by atoms with Gasteiger partial charge in [0.05, 0.1) is 25.4 Å². The number of nitrogens with zero attached hydrogens (tertiary/aromatic N) is 1. The topological polar surface area (TPSA) is 93.4 Å². The second-order valence-corrected chi connectivity index (χ2v) is 12.1. The van der Waals surface area contributed by atoms with Gasteiger partial charge in [0.1, 0.15) is 12.2 Å². The van der Waals surface area contributed by atoms with Crippen molar-refractivity contribution < 1.29 is 25.2 Å². The summed E-state index contributed by atoms with van der Waals surface area (Å²) in [5, 5.41) is 41.1. The molecule has 4 N–H and O–H groups in total. The average molecular weight is 468 g/mol. The fraction of sp³-hybridized carbons (Fsp3) is 1.00. The molecule has 4 aliphatic carbocycles. The minimum absolute atomic E-state index is 0.202. The maximum absolute atomic E-state index is 10.6. The van der Waals surface area contributed by atoms with E-state index in [0.29, 0.717) is 5.41 Å². The summed E-state index contributed by atoms with van der Waals surface area (Å²) in [6, 6.07) is -0.711. The molecule has 6 nitrogen and oxygen atoms in total. The fourth-order valence-electron chi connectivity index (χ4n) is 8.18. The molecule has 192 valence electrons. The molecule has 6 heteroatoms. The molecule has 4 saturated carbocycles. The molecule has 5 fully saturated rings. The van der Waals surface area contributed by atoms with Crippen molar-refractivity contribution in [1.29, 1.82) is 0 Å². The van der Waals surface area contributed by atoms with Crippen molar-refractivity contribution in [3.8, 4) is 0 Å². The lowest BCUT2D eigenvalue weighted by Crippen LogP contribution is -2.67. The molecule has 33 heavy (non-hydrogen) atoms. The maximum atomic E-state index is 10.6. The number of ether oxygens (including phenoxy) is 1. The van der Waals surface area contributed by atoms with Crippen LogP contribution in [0.1, 0.15) is 90.4 Å². The highest BCUT2D eigenvalue weighted by atomic mass is 16.5. The molecular weight excluding hydrogens is 418 g/mol. The highest BCUT2D eigenvalue weighted by Gasteiger charge is 2.51. The molecule has 1 saturated heterocycles. The summed E-state index contributed by atoms with van der Waals surface area (Å²) in [4.78, 5) is 2.04. The first kappa shape index (κ1) is 25.8. The van der Waals surface area contributed by atoms with E-state index in [2.05, 4.69) is 6.92 Å². The number of rotatable bonds is 13. The number of likely N-dealkylation sites (tertiary alicyclic amines) is 1. The van der Waals surface area contributed by atoms with Gasteiger partial charge in [0.25, 0.3) is 0 Å². The van der Waals surface area contributed by atoms with Crippen LogP contribution < -0.4 is 0 Å². The highest BCUT2D eigenvalue weighted by molar-refractivity contribution is 5.02. The Morgan fingerprint density at radius 2 is 1.39 bits per heavy atom. The molecule has 0 aromatic heterocycles. The summed E-state index contributed by atoms with van der Waals surface area (Å²) in [5.74, 6) is 2.95. The van der Waals surface area contributed by atoms with E-state index in [-0.39, 0.29) is 12.6 Å². The largest absolute Gasteiger partial charge is 0.395 e. The van der Waals surface area contributed by atoms with Crippen molar-refractivity contribution in [2.45, 2.75) is 121 Å². The van der Waals surface area contributed by atoms with Gasteiger partial charge in [0, 0.05) is 12.6 Å². The highest BCUT2D eigenvalue weighted by Crippen LogP contribution is 2.60. The van der Waals surface area contributed by atoms with Crippen LogP contribution in [0, 0.1) is 23.2 Å². The van der Waals surface area contributed by atoms with Gasteiger partial charge in [-0.25, -0.2) is 0 Å². The SMILES string of the molecule is CCCCN1[C@H](CO)[C@@H](O)[C@H](O)[C@@H](O)[C@@H]1CCCCCCOCC12CC3CC(CC(C3)C1)C2. The molecule has 0 aromatic carbocycles. The molecule has 5 aliphatic rings. The van der Waals surface area contributed by atoms with E-state index in [0.717, 1.165) is 82.5 Å². The first-order valence-electron chi connectivity index (χ1n) is 13.9. The smallest absolute Gasteiger partial charge is 0.109 e. The van der Waals surface area contributed by atoms with Crippen molar-refractivity contribution >= 4 is 0 Å². The van der Waals surface area contributed by atoms with E-state index in [4.69, 9.17) is 4.74 Å².